The zero-order valence-electron chi connectivity index (χ0n) is 12.7. The molecule has 25 heavy (non-hydrogen) atoms. The van der Waals surface area contributed by atoms with Gasteiger partial charge in [0.1, 0.15) is 11.6 Å². The van der Waals surface area contributed by atoms with E-state index in [0.29, 0.717) is 16.4 Å². The van der Waals surface area contributed by atoms with E-state index in [1.165, 1.54) is 12.3 Å². The standard InChI is InChI=1S/C17H11Cl2N5O/c18-11-1-3-14(13(19)5-11)24-17(25)10(7-20)8-21-12-2-4-15-16(6-12)23-9-22-15/h1-6,8-9,21H,(H,22,23)(H,24,25)/b10-8-. The monoisotopic (exact) mass is 371 g/mol. The summed E-state index contributed by atoms with van der Waals surface area (Å²) in [4.78, 5) is 19.3. The number of rotatable bonds is 4. The van der Waals surface area contributed by atoms with Crippen molar-refractivity contribution >= 4 is 51.5 Å². The first-order valence-electron chi connectivity index (χ1n) is 7.13. The first kappa shape index (κ1) is 16.8. The Morgan fingerprint density at radius 2 is 2.08 bits per heavy atom. The van der Waals surface area contributed by atoms with Gasteiger partial charge in [0.05, 0.1) is 28.1 Å². The molecule has 2 aromatic carbocycles. The van der Waals surface area contributed by atoms with E-state index in [4.69, 9.17) is 23.2 Å². The summed E-state index contributed by atoms with van der Waals surface area (Å²) >= 11 is 11.8. The molecule has 1 aromatic heterocycles. The fraction of sp³-hybridized carbons (Fsp3) is 0. The fourth-order valence-corrected chi connectivity index (χ4v) is 2.57. The van der Waals surface area contributed by atoms with Crippen LogP contribution in [0.1, 0.15) is 0 Å². The summed E-state index contributed by atoms with van der Waals surface area (Å²) in [5.74, 6) is -0.582. The van der Waals surface area contributed by atoms with Gasteiger partial charge in [0.15, 0.2) is 0 Å². The molecule has 6 nitrogen and oxygen atoms in total. The van der Waals surface area contributed by atoms with Crippen LogP contribution in [0.3, 0.4) is 0 Å². The van der Waals surface area contributed by atoms with Gasteiger partial charge in [0.2, 0.25) is 0 Å². The van der Waals surface area contributed by atoms with E-state index >= 15 is 0 Å². The van der Waals surface area contributed by atoms with Gasteiger partial charge in [0, 0.05) is 16.9 Å². The molecule has 0 fully saturated rings. The van der Waals surface area contributed by atoms with E-state index in [0.717, 1.165) is 11.0 Å². The highest BCUT2D eigenvalue weighted by Crippen LogP contribution is 2.25. The molecule has 8 heteroatoms. The predicted octanol–water partition coefficient (Wildman–Crippen LogP) is 4.33. The zero-order valence-corrected chi connectivity index (χ0v) is 14.2. The van der Waals surface area contributed by atoms with Crippen LogP contribution in [0, 0.1) is 11.3 Å². The maximum absolute atomic E-state index is 12.2. The van der Waals surface area contributed by atoms with E-state index in [2.05, 4.69) is 20.6 Å². The Morgan fingerprint density at radius 3 is 2.84 bits per heavy atom. The van der Waals surface area contributed by atoms with Gasteiger partial charge in [0.25, 0.3) is 5.91 Å². The summed E-state index contributed by atoms with van der Waals surface area (Å²) in [6, 6.07) is 12.0. The molecule has 124 valence electrons. The molecule has 0 spiro atoms. The molecule has 1 heterocycles. The van der Waals surface area contributed by atoms with E-state index < -0.39 is 5.91 Å². The number of fused-ring (bicyclic) bond motifs is 1. The lowest BCUT2D eigenvalue weighted by molar-refractivity contribution is -0.112. The summed E-state index contributed by atoms with van der Waals surface area (Å²) in [5, 5.41) is 15.5. The van der Waals surface area contributed by atoms with Crippen molar-refractivity contribution < 1.29 is 4.79 Å². The average molecular weight is 372 g/mol. The molecule has 3 rings (SSSR count). The number of nitrogens with zero attached hydrogens (tertiary/aromatic N) is 2. The quantitative estimate of drug-likeness (QED) is 0.469. The summed E-state index contributed by atoms with van der Waals surface area (Å²) in [6.07, 6.45) is 2.92. The van der Waals surface area contributed by atoms with E-state index in [-0.39, 0.29) is 10.6 Å². The third kappa shape index (κ3) is 3.91. The van der Waals surface area contributed by atoms with Crippen LogP contribution in [-0.2, 0) is 4.79 Å². The van der Waals surface area contributed by atoms with Crippen LogP contribution in [0.5, 0.6) is 0 Å². The molecule has 1 amide bonds. The number of benzene rings is 2. The number of nitrogens with one attached hydrogen (secondary N) is 3. The molecule has 0 saturated carbocycles. The number of imidazole rings is 1. The predicted molar refractivity (Wildman–Crippen MR) is 98.5 cm³/mol. The van der Waals surface area contributed by atoms with Gasteiger partial charge in [-0.2, -0.15) is 5.26 Å². The number of carbonyl (C=O) groups is 1. The van der Waals surface area contributed by atoms with Gasteiger partial charge in [-0.1, -0.05) is 23.2 Å². The third-order valence-electron chi connectivity index (χ3n) is 3.35. The number of carbonyl (C=O) groups excluding carboxylic acids is 1. The molecule has 3 aromatic rings. The molecule has 0 aliphatic carbocycles. The van der Waals surface area contributed by atoms with Gasteiger partial charge in [-0.15, -0.1) is 0 Å². The first-order valence-corrected chi connectivity index (χ1v) is 7.89. The number of H-pyrrole nitrogens is 1. The van der Waals surface area contributed by atoms with E-state index in [1.54, 1.807) is 24.5 Å². The van der Waals surface area contributed by atoms with Crippen LogP contribution in [0.15, 0.2) is 54.5 Å². The Kier molecular flexibility index (Phi) is 4.89. The van der Waals surface area contributed by atoms with Crippen LogP contribution in [0.2, 0.25) is 10.0 Å². The number of anilines is 2. The number of nitriles is 1. The van der Waals surface area contributed by atoms with Crippen molar-refractivity contribution in [3.8, 4) is 6.07 Å². The van der Waals surface area contributed by atoms with Gasteiger partial charge in [-0.25, -0.2) is 4.98 Å². The van der Waals surface area contributed by atoms with Crippen LogP contribution in [0.4, 0.5) is 11.4 Å². The lowest BCUT2D eigenvalue weighted by Crippen LogP contribution is -2.14. The second-order valence-corrected chi connectivity index (χ2v) is 5.87. The Hall–Kier alpha value is -3.01. The maximum Gasteiger partial charge on any atom is 0.267 e. The van der Waals surface area contributed by atoms with Crippen molar-refractivity contribution in [3.05, 3.63) is 64.5 Å². The normalized spacial score (nSPS) is 11.2. The average Bonchev–Trinajstić information content (AvgIpc) is 3.05. The van der Waals surface area contributed by atoms with Crippen molar-refractivity contribution in [3.63, 3.8) is 0 Å². The SMILES string of the molecule is N#C/C(=C/Nc1ccc2nc[nH]c2c1)C(=O)Nc1ccc(Cl)cc1Cl. The molecule has 0 radical (unpaired) electrons. The second-order valence-electron chi connectivity index (χ2n) is 5.03. The van der Waals surface area contributed by atoms with Gasteiger partial charge in [-0.3, -0.25) is 4.79 Å². The molecule has 0 bridgehead atoms. The number of halogens is 2. The highest BCUT2D eigenvalue weighted by molar-refractivity contribution is 6.36. The Balaban J connectivity index is 1.75. The molecule has 0 aliphatic rings. The molecular formula is C17H11Cl2N5O. The molecule has 0 aliphatic heterocycles. The minimum absolute atomic E-state index is 0.101. The van der Waals surface area contributed by atoms with Crippen molar-refractivity contribution in [1.82, 2.24) is 9.97 Å². The van der Waals surface area contributed by atoms with Crippen molar-refractivity contribution in [2.75, 3.05) is 10.6 Å². The lowest BCUT2D eigenvalue weighted by Gasteiger charge is -2.07. The minimum Gasteiger partial charge on any atom is -0.360 e. The molecule has 0 saturated heterocycles. The van der Waals surface area contributed by atoms with Crippen LogP contribution >= 0.6 is 23.2 Å². The van der Waals surface area contributed by atoms with Gasteiger partial charge < -0.3 is 15.6 Å². The molecule has 3 N–H and O–H groups in total. The largest absolute Gasteiger partial charge is 0.360 e. The highest BCUT2D eigenvalue weighted by atomic mass is 35.5. The summed E-state index contributed by atoms with van der Waals surface area (Å²) in [7, 11) is 0. The highest BCUT2D eigenvalue weighted by Gasteiger charge is 2.11. The van der Waals surface area contributed by atoms with Crippen LogP contribution in [-0.4, -0.2) is 15.9 Å². The molecule has 0 unspecified atom stereocenters. The van der Waals surface area contributed by atoms with Crippen molar-refractivity contribution in [1.29, 1.82) is 5.26 Å². The number of aromatic amines is 1. The maximum atomic E-state index is 12.2. The molecule has 0 atom stereocenters. The second kappa shape index (κ2) is 7.26. The number of hydrogen-bond donors (Lipinski definition) is 3. The smallest absolute Gasteiger partial charge is 0.267 e. The Morgan fingerprint density at radius 1 is 1.24 bits per heavy atom. The summed E-state index contributed by atoms with van der Waals surface area (Å²) in [6.45, 7) is 0. The van der Waals surface area contributed by atoms with Crippen LogP contribution in [0.25, 0.3) is 11.0 Å². The van der Waals surface area contributed by atoms with Crippen LogP contribution < -0.4 is 10.6 Å². The van der Waals surface area contributed by atoms with E-state index in [9.17, 15) is 10.1 Å². The zero-order chi connectivity index (χ0) is 17.8. The van der Waals surface area contributed by atoms with Gasteiger partial charge in [-0.05, 0) is 36.4 Å². The number of hydrogen-bond acceptors (Lipinski definition) is 4. The summed E-state index contributed by atoms with van der Waals surface area (Å²) < 4.78 is 0. The fourth-order valence-electron chi connectivity index (χ4n) is 2.11. The van der Waals surface area contributed by atoms with Crippen molar-refractivity contribution in [2.24, 2.45) is 0 Å². The number of amides is 1. The number of aromatic nitrogens is 2. The lowest BCUT2D eigenvalue weighted by atomic mass is 10.2. The van der Waals surface area contributed by atoms with Crippen molar-refractivity contribution in [2.45, 2.75) is 0 Å². The Bertz CT molecular complexity index is 1020. The minimum atomic E-state index is -0.582. The first-order chi connectivity index (χ1) is 12.1. The van der Waals surface area contributed by atoms with E-state index in [1.807, 2.05) is 18.2 Å². The summed E-state index contributed by atoms with van der Waals surface area (Å²) in [5.41, 5.74) is 2.65. The Labute approximate surface area is 153 Å². The topological polar surface area (TPSA) is 93.6 Å². The third-order valence-corrected chi connectivity index (χ3v) is 3.90. The van der Waals surface area contributed by atoms with Gasteiger partial charge >= 0.3 is 0 Å². The molecular weight excluding hydrogens is 361 g/mol.